The molecule has 0 bridgehead atoms. The summed E-state index contributed by atoms with van der Waals surface area (Å²) >= 11 is 0. The Hall–Kier alpha value is -1.88. The number of rotatable bonds is 4. The molecule has 1 aliphatic carbocycles. The van der Waals surface area contributed by atoms with Crippen molar-refractivity contribution in [2.45, 2.75) is 50.5 Å². The van der Waals surface area contributed by atoms with Gasteiger partial charge in [-0.05, 0) is 37.3 Å². The van der Waals surface area contributed by atoms with Crippen molar-refractivity contribution in [1.29, 1.82) is 0 Å². The first kappa shape index (κ1) is 15.6. The summed E-state index contributed by atoms with van der Waals surface area (Å²) in [7, 11) is 0. The maximum atomic E-state index is 13.0. The Labute approximate surface area is 142 Å². The monoisotopic (exact) mass is 328 g/mol. The number of nitrogens with zero attached hydrogens (tertiary/aromatic N) is 1. The second-order valence-corrected chi connectivity index (χ2v) is 7.46. The van der Waals surface area contributed by atoms with Crippen molar-refractivity contribution >= 4 is 17.5 Å². The Bertz CT molecular complexity index is 698. The molecule has 1 saturated carbocycles. The van der Waals surface area contributed by atoms with Crippen LogP contribution in [0.5, 0.6) is 0 Å². The third-order valence-electron chi connectivity index (χ3n) is 6.19. The number of amides is 2. The van der Waals surface area contributed by atoms with Crippen LogP contribution in [-0.2, 0) is 15.0 Å². The van der Waals surface area contributed by atoms with Crippen molar-refractivity contribution in [3.05, 3.63) is 29.8 Å². The molecule has 2 N–H and O–H groups in total. The molecule has 24 heavy (non-hydrogen) atoms. The largest absolute Gasteiger partial charge is 0.395 e. The molecule has 0 radical (unpaired) electrons. The second kappa shape index (κ2) is 5.31. The molecule has 1 spiro atoms. The zero-order valence-electron chi connectivity index (χ0n) is 14.0. The summed E-state index contributed by atoms with van der Waals surface area (Å²) in [5.74, 6) is 0.0591. The summed E-state index contributed by atoms with van der Waals surface area (Å²) < 4.78 is 0. The first-order valence-corrected chi connectivity index (χ1v) is 8.92. The lowest BCUT2D eigenvalue weighted by molar-refractivity contribution is -0.140. The number of hydrogen-bond donors (Lipinski definition) is 2. The molecule has 2 fully saturated rings. The number of aliphatic hydroxyl groups is 1. The molecule has 128 valence electrons. The van der Waals surface area contributed by atoms with Crippen molar-refractivity contribution in [1.82, 2.24) is 4.90 Å². The number of fused-ring (bicyclic) bond motifs is 2. The second-order valence-electron chi connectivity index (χ2n) is 7.46. The first-order valence-electron chi connectivity index (χ1n) is 8.92. The van der Waals surface area contributed by atoms with E-state index in [4.69, 9.17) is 0 Å². The topological polar surface area (TPSA) is 69.6 Å². The van der Waals surface area contributed by atoms with Gasteiger partial charge >= 0.3 is 0 Å². The predicted molar refractivity (Wildman–Crippen MR) is 90.5 cm³/mol. The van der Waals surface area contributed by atoms with Crippen LogP contribution in [0.15, 0.2) is 24.3 Å². The van der Waals surface area contributed by atoms with E-state index in [-0.39, 0.29) is 24.5 Å². The van der Waals surface area contributed by atoms with Crippen LogP contribution in [0.3, 0.4) is 0 Å². The van der Waals surface area contributed by atoms with Gasteiger partial charge in [0.1, 0.15) is 0 Å². The van der Waals surface area contributed by atoms with Crippen LogP contribution in [0.4, 0.5) is 5.69 Å². The zero-order valence-corrected chi connectivity index (χ0v) is 14.0. The summed E-state index contributed by atoms with van der Waals surface area (Å²) in [5, 5.41) is 12.7. The van der Waals surface area contributed by atoms with E-state index in [0.29, 0.717) is 13.0 Å². The highest BCUT2D eigenvalue weighted by Gasteiger charge is 2.61. The summed E-state index contributed by atoms with van der Waals surface area (Å²) in [4.78, 5) is 27.9. The molecule has 5 heteroatoms. The van der Waals surface area contributed by atoms with E-state index in [1.54, 1.807) is 0 Å². The van der Waals surface area contributed by atoms with E-state index < -0.39 is 10.8 Å². The maximum Gasteiger partial charge on any atom is 0.237 e. The van der Waals surface area contributed by atoms with Crippen molar-refractivity contribution < 1.29 is 14.7 Å². The molecule has 2 atom stereocenters. The minimum atomic E-state index is -0.631. The smallest absolute Gasteiger partial charge is 0.237 e. The summed E-state index contributed by atoms with van der Waals surface area (Å²) in [6, 6.07) is 7.72. The standard InChI is InChI=1S/C19H24N2O3/c1-2-5-15-19(13-6-3-4-7-14(13)20-16(19)23)10-11-21(15)17(24)18(12-22)8-9-18/h3-4,6-7,15,22H,2,5,8-12H2,1H3,(H,20,23)/t15-,19-/m0/s1. The SMILES string of the molecule is CCC[C@@H]1N(C(=O)C2(CO)CC2)CC[C@@]12C(=O)Nc1ccccc12. The van der Waals surface area contributed by atoms with Crippen LogP contribution in [0, 0.1) is 5.41 Å². The molecular formula is C19H24N2O3. The van der Waals surface area contributed by atoms with Gasteiger partial charge in [0, 0.05) is 12.2 Å². The fourth-order valence-corrected chi connectivity index (χ4v) is 4.62. The maximum absolute atomic E-state index is 13.0. The lowest BCUT2D eigenvalue weighted by Crippen LogP contribution is -2.50. The van der Waals surface area contributed by atoms with E-state index in [9.17, 15) is 14.7 Å². The Kier molecular flexibility index (Phi) is 3.46. The van der Waals surface area contributed by atoms with Gasteiger partial charge in [0.15, 0.2) is 0 Å². The minimum Gasteiger partial charge on any atom is -0.395 e. The minimum absolute atomic E-state index is 0.0197. The number of anilines is 1. The molecule has 0 aromatic heterocycles. The Morgan fingerprint density at radius 2 is 2.08 bits per heavy atom. The van der Waals surface area contributed by atoms with Gasteiger partial charge < -0.3 is 15.3 Å². The predicted octanol–water partition coefficient (Wildman–Crippen LogP) is 2.05. The molecule has 2 heterocycles. The average Bonchev–Trinajstić information content (AvgIpc) is 3.24. The van der Waals surface area contributed by atoms with Crippen molar-refractivity contribution in [2.75, 3.05) is 18.5 Å². The Morgan fingerprint density at radius 1 is 1.33 bits per heavy atom. The quantitative estimate of drug-likeness (QED) is 0.889. The van der Waals surface area contributed by atoms with Crippen LogP contribution >= 0.6 is 0 Å². The summed E-state index contributed by atoms with van der Waals surface area (Å²) in [6.45, 7) is 2.59. The fraction of sp³-hybridized carbons (Fsp3) is 0.579. The van der Waals surface area contributed by atoms with Gasteiger partial charge in [0.25, 0.3) is 0 Å². The fourth-order valence-electron chi connectivity index (χ4n) is 4.62. The van der Waals surface area contributed by atoms with E-state index >= 15 is 0 Å². The van der Waals surface area contributed by atoms with Crippen LogP contribution in [0.1, 0.15) is 44.6 Å². The highest BCUT2D eigenvalue weighted by molar-refractivity contribution is 6.07. The van der Waals surface area contributed by atoms with Gasteiger partial charge in [-0.2, -0.15) is 0 Å². The molecule has 1 aromatic rings. The molecule has 1 saturated heterocycles. The number of nitrogens with one attached hydrogen (secondary N) is 1. The first-order chi connectivity index (χ1) is 11.6. The normalized spacial score (nSPS) is 29.7. The van der Waals surface area contributed by atoms with E-state index in [0.717, 1.165) is 36.9 Å². The molecule has 0 unspecified atom stereocenters. The summed E-state index contributed by atoms with van der Waals surface area (Å²) in [5.41, 5.74) is 0.693. The summed E-state index contributed by atoms with van der Waals surface area (Å²) in [6.07, 6.45) is 3.89. The van der Waals surface area contributed by atoms with Crippen molar-refractivity contribution in [3.8, 4) is 0 Å². The number of carbonyl (C=O) groups excluding carboxylic acids is 2. The highest BCUT2D eigenvalue weighted by Crippen LogP contribution is 2.53. The molecule has 2 aliphatic heterocycles. The number of para-hydroxylation sites is 1. The molecule has 4 rings (SSSR count). The third kappa shape index (κ3) is 1.91. The van der Waals surface area contributed by atoms with Crippen LogP contribution in [0.25, 0.3) is 0 Å². The van der Waals surface area contributed by atoms with Crippen molar-refractivity contribution in [3.63, 3.8) is 0 Å². The zero-order chi connectivity index (χ0) is 16.9. The van der Waals surface area contributed by atoms with Crippen LogP contribution < -0.4 is 5.32 Å². The van der Waals surface area contributed by atoms with E-state index in [1.165, 1.54) is 0 Å². The lowest BCUT2D eigenvalue weighted by Gasteiger charge is -2.35. The van der Waals surface area contributed by atoms with E-state index in [2.05, 4.69) is 12.2 Å². The highest BCUT2D eigenvalue weighted by atomic mass is 16.3. The third-order valence-corrected chi connectivity index (χ3v) is 6.19. The molecule has 3 aliphatic rings. The number of carbonyl (C=O) groups is 2. The Morgan fingerprint density at radius 3 is 2.75 bits per heavy atom. The van der Waals surface area contributed by atoms with E-state index in [1.807, 2.05) is 29.2 Å². The van der Waals surface area contributed by atoms with Crippen LogP contribution in [-0.4, -0.2) is 41.0 Å². The van der Waals surface area contributed by atoms with Gasteiger partial charge in [0.05, 0.1) is 23.5 Å². The lowest BCUT2D eigenvalue weighted by atomic mass is 9.73. The number of likely N-dealkylation sites (tertiary alicyclic amines) is 1. The molecular weight excluding hydrogens is 304 g/mol. The van der Waals surface area contributed by atoms with Gasteiger partial charge in [-0.3, -0.25) is 9.59 Å². The van der Waals surface area contributed by atoms with Gasteiger partial charge in [0.2, 0.25) is 11.8 Å². The van der Waals surface area contributed by atoms with Crippen LogP contribution in [0.2, 0.25) is 0 Å². The molecule has 2 amide bonds. The van der Waals surface area contributed by atoms with Crippen molar-refractivity contribution in [2.24, 2.45) is 5.41 Å². The number of hydrogen-bond acceptors (Lipinski definition) is 3. The Balaban J connectivity index is 1.75. The van der Waals surface area contributed by atoms with Gasteiger partial charge in [-0.1, -0.05) is 31.5 Å². The molecule has 5 nitrogen and oxygen atoms in total. The molecule has 1 aromatic carbocycles. The van der Waals surface area contributed by atoms with Gasteiger partial charge in [-0.15, -0.1) is 0 Å². The van der Waals surface area contributed by atoms with Gasteiger partial charge in [-0.25, -0.2) is 0 Å². The number of aliphatic hydroxyl groups excluding tert-OH is 1. The number of benzene rings is 1. The average molecular weight is 328 g/mol.